The number of hydrogen-bond donors (Lipinski definition) is 1. The van der Waals surface area contributed by atoms with Crippen LogP contribution in [-0.4, -0.2) is 38.9 Å². The van der Waals surface area contributed by atoms with Crippen LogP contribution in [0.15, 0.2) is 55.0 Å². The monoisotopic (exact) mass is 421 g/mol. The first-order chi connectivity index (χ1) is 15.1. The molecule has 0 aliphatic carbocycles. The van der Waals surface area contributed by atoms with Gasteiger partial charge in [0.1, 0.15) is 23.2 Å². The second kappa shape index (κ2) is 9.51. The fraction of sp³-hybridized carbons (Fsp3) is 0.304. The van der Waals surface area contributed by atoms with Gasteiger partial charge in [0.2, 0.25) is 5.91 Å². The third kappa shape index (κ3) is 5.14. The van der Waals surface area contributed by atoms with Crippen LogP contribution >= 0.6 is 0 Å². The van der Waals surface area contributed by atoms with Crippen LogP contribution in [0.1, 0.15) is 36.6 Å². The number of carbonyl (C=O) groups excluding carboxylic acids is 1. The molecule has 31 heavy (non-hydrogen) atoms. The van der Waals surface area contributed by atoms with Crippen molar-refractivity contribution < 1.29 is 13.9 Å². The number of amides is 1. The van der Waals surface area contributed by atoms with Gasteiger partial charge in [0.15, 0.2) is 0 Å². The second-order valence-corrected chi connectivity index (χ2v) is 7.42. The third-order valence-electron chi connectivity index (χ3n) is 5.20. The summed E-state index contributed by atoms with van der Waals surface area (Å²) in [4.78, 5) is 27.9. The molecule has 0 spiro atoms. The quantitative estimate of drug-likeness (QED) is 0.616. The molecule has 1 aromatic carbocycles. The molecule has 1 fully saturated rings. The Morgan fingerprint density at radius 2 is 2.19 bits per heavy atom. The van der Waals surface area contributed by atoms with Crippen LogP contribution in [0, 0.1) is 12.7 Å². The summed E-state index contributed by atoms with van der Waals surface area (Å²) in [6, 6.07) is 9.63. The van der Waals surface area contributed by atoms with Gasteiger partial charge in [-0.3, -0.25) is 9.78 Å². The third-order valence-corrected chi connectivity index (χ3v) is 5.20. The summed E-state index contributed by atoms with van der Waals surface area (Å²) in [6.07, 6.45) is 7.01. The number of nitrogens with zero attached hydrogens (tertiary/aromatic N) is 4. The van der Waals surface area contributed by atoms with Gasteiger partial charge in [-0.1, -0.05) is 12.1 Å². The van der Waals surface area contributed by atoms with E-state index in [2.05, 4.69) is 20.3 Å². The summed E-state index contributed by atoms with van der Waals surface area (Å²) in [5.74, 6) is 1.35. The molecule has 1 aliphatic heterocycles. The molecule has 0 bridgehead atoms. The number of carbonyl (C=O) groups is 1. The molecule has 0 unspecified atom stereocenters. The molecule has 1 aliphatic rings. The number of rotatable bonds is 7. The van der Waals surface area contributed by atoms with E-state index in [4.69, 9.17) is 4.74 Å². The number of aryl methyl sites for hydroxylation is 1. The number of halogens is 1. The van der Waals surface area contributed by atoms with E-state index in [1.807, 2.05) is 24.0 Å². The molecule has 0 saturated carbocycles. The summed E-state index contributed by atoms with van der Waals surface area (Å²) in [5.41, 5.74) is 1.75. The number of anilines is 2. The zero-order valence-electron chi connectivity index (χ0n) is 17.3. The van der Waals surface area contributed by atoms with E-state index in [-0.39, 0.29) is 30.8 Å². The predicted octanol–water partition coefficient (Wildman–Crippen LogP) is 4.20. The molecule has 0 radical (unpaired) electrons. The average Bonchev–Trinajstić information content (AvgIpc) is 3.26. The van der Waals surface area contributed by atoms with Crippen molar-refractivity contribution in [2.45, 2.75) is 32.2 Å². The maximum Gasteiger partial charge on any atom is 0.226 e. The molecule has 2 aromatic heterocycles. The highest BCUT2D eigenvalue weighted by Gasteiger charge is 2.31. The van der Waals surface area contributed by atoms with Crippen molar-refractivity contribution in [3.8, 4) is 5.75 Å². The number of nitrogens with one attached hydrogen (secondary N) is 1. The SMILES string of the molecule is Cc1cccnc1Nc1cncc([C@@H]2CCCN2C(=O)CCOc2cccc(F)c2)n1. The lowest BCUT2D eigenvalue weighted by Crippen LogP contribution is -2.32. The van der Waals surface area contributed by atoms with E-state index in [0.717, 1.165) is 29.9 Å². The van der Waals surface area contributed by atoms with E-state index >= 15 is 0 Å². The van der Waals surface area contributed by atoms with Gasteiger partial charge in [-0.05, 0) is 43.5 Å². The maximum atomic E-state index is 13.3. The van der Waals surface area contributed by atoms with E-state index in [1.165, 1.54) is 12.1 Å². The topological polar surface area (TPSA) is 80.2 Å². The minimum Gasteiger partial charge on any atom is -0.493 e. The molecule has 8 heteroatoms. The molecule has 160 valence electrons. The predicted molar refractivity (Wildman–Crippen MR) is 114 cm³/mol. The van der Waals surface area contributed by atoms with E-state index in [1.54, 1.807) is 30.7 Å². The molecular weight excluding hydrogens is 397 g/mol. The Balaban J connectivity index is 1.39. The Bertz CT molecular complexity index is 1060. The smallest absolute Gasteiger partial charge is 0.226 e. The minimum absolute atomic E-state index is 0.0142. The highest BCUT2D eigenvalue weighted by molar-refractivity contribution is 5.77. The Kier molecular flexibility index (Phi) is 6.35. The van der Waals surface area contributed by atoms with Gasteiger partial charge in [0, 0.05) is 18.8 Å². The van der Waals surface area contributed by atoms with Crippen LogP contribution in [0.3, 0.4) is 0 Å². The molecule has 1 amide bonds. The van der Waals surface area contributed by atoms with E-state index in [0.29, 0.717) is 18.1 Å². The zero-order chi connectivity index (χ0) is 21.6. The fourth-order valence-corrected chi connectivity index (χ4v) is 3.67. The first-order valence-corrected chi connectivity index (χ1v) is 10.3. The standard InChI is InChI=1S/C23H24FN5O2/c1-16-5-3-10-26-23(16)28-21-15-25-14-19(27-21)20-8-4-11-29(20)22(30)9-12-31-18-7-2-6-17(24)13-18/h2-3,5-7,10,13-15,20H,4,8-9,11-12H2,1H3,(H,26,27,28)/t20-/m0/s1. The summed E-state index contributed by atoms with van der Waals surface area (Å²) < 4.78 is 18.8. The first-order valence-electron chi connectivity index (χ1n) is 10.3. The molecule has 7 nitrogen and oxygen atoms in total. The van der Waals surface area contributed by atoms with Crippen molar-refractivity contribution in [3.05, 3.63) is 72.1 Å². The summed E-state index contributed by atoms with van der Waals surface area (Å²) >= 11 is 0. The Morgan fingerprint density at radius 1 is 1.29 bits per heavy atom. The molecule has 3 aromatic rings. The van der Waals surface area contributed by atoms with Crippen molar-refractivity contribution in [1.82, 2.24) is 19.9 Å². The summed E-state index contributed by atoms with van der Waals surface area (Å²) in [7, 11) is 0. The van der Waals surface area contributed by atoms with Gasteiger partial charge in [0.25, 0.3) is 0 Å². The lowest BCUT2D eigenvalue weighted by Gasteiger charge is -2.24. The van der Waals surface area contributed by atoms with Crippen LogP contribution in [0.4, 0.5) is 16.0 Å². The van der Waals surface area contributed by atoms with Crippen molar-refractivity contribution in [2.24, 2.45) is 0 Å². The maximum absolute atomic E-state index is 13.3. The van der Waals surface area contributed by atoms with E-state index < -0.39 is 0 Å². The van der Waals surface area contributed by atoms with Crippen LogP contribution in [0.2, 0.25) is 0 Å². The fourth-order valence-electron chi connectivity index (χ4n) is 3.67. The number of hydrogen-bond acceptors (Lipinski definition) is 6. The number of likely N-dealkylation sites (tertiary alicyclic amines) is 1. The highest BCUT2D eigenvalue weighted by Crippen LogP contribution is 2.31. The van der Waals surface area contributed by atoms with Crippen LogP contribution in [0.25, 0.3) is 0 Å². The average molecular weight is 421 g/mol. The normalized spacial score (nSPS) is 15.7. The Labute approximate surface area is 180 Å². The first kappa shape index (κ1) is 20.7. The molecule has 4 rings (SSSR count). The van der Waals surface area contributed by atoms with Crippen LogP contribution < -0.4 is 10.1 Å². The number of benzene rings is 1. The molecule has 1 saturated heterocycles. The van der Waals surface area contributed by atoms with Gasteiger partial charge < -0.3 is 15.0 Å². The van der Waals surface area contributed by atoms with Crippen molar-refractivity contribution in [1.29, 1.82) is 0 Å². The zero-order valence-corrected chi connectivity index (χ0v) is 17.3. The van der Waals surface area contributed by atoms with Crippen molar-refractivity contribution in [2.75, 3.05) is 18.5 Å². The second-order valence-electron chi connectivity index (χ2n) is 7.42. The van der Waals surface area contributed by atoms with Gasteiger partial charge >= 0.3 is 0 Å². The minimum atomic E-state index is -0.364. The Morgan fingerprint density at radius 3 is 3.03 bits per heavy atom. The molecule has 1 N–H and O–H groups in total. The van der Waals surface area contributed by atoms with Gasteiger partial charge in [-0.25, -0.2) is 14.4 Å². The summed E-state index contributed by atoms with van der Waals surface area (Å²) in [6.45, 7) is 2.83. The molecule has 3 heterocycles. The Hall–Kier alpha value is -3.55. The number of ether oxygens (including phenoxy) is 1. The van der Waals surface area contributed by atoms with Crippen molar-refractivity contribution >= 4 is 17.5 Å². The van der Waals surface area contributed by atoms with Crippen molar-refractivity contribution in [3.63, 3.8) is 0 Å². The largest absolute Gasteiger partial charge is 0.493 e. The van der Waals surface area contributed by atoms with E-state index in [9.17, 15) is 9.18 Å². The van der Waals surface area contributed by atoms with Gasteiger partial charge in [-0.15, -0.1) is 0 Å². The lowest BCUT2D eigenvalue weighted by molar-refractivity contribution is -0.132. The number of aromatic nitrogens is 3. The van der Waals surface area contributed by atoms with Gasteiger partial charge in [0.05, 0.1) is 37.2 Å². The molecular formula is C23H24FN5O2. The van der Waals surface area contributed by atoms with Gasteiger partial charge in [-0.2, -0.15) is 0 Å². The number of pyridine rings is 1. The van der Waals surface area contributed by atoms with Crippen LogP contribution in [-0.2, 0) is 4.79 Å². The van der Waals surface area contributed by atoms with Crippen LogP contribution in [0.5, 0.6) is 5.75 Å². The molecule has 1 atom stereocenters. The highest BCUT2D eigenvalue weighted by atomic mass is 19.1. The summed E-state index contributed by atoms with van der Waals surface area (Å²) in [5, 5.41) is 3.20. The lowest BCUT2D eigenvalue weighted by atomic mass is 10.1.